The molecule has 2 aliphatic heterocycles. The van der Waals surface area contributed by atoms with Gasteiger partial charge in [0.25, 0.3) is 5.91 Å². The summed E-state index contributed by atoms with van der Waals surface area (Å²) in [6, 6.07) is 11.1. The molecule has 1 saturated heterocycles. The molecular formula is C25H29ClN4O5. The molecule has 186 valence electrons. The van der Waals surface area contributed by atoms with E-state index >= 15 is 0 Å². The van der Waals surface area contributed by atoms with Gasteiger partial charge in [-0.1, -0.05) is 17.7 Å². The van der Waals surface area contributed by atoms with Crippen LogP contribution in [0.1, 0.15) is 36.5 Å². The quantitative estimate of drug-likeness (QED) is 0.577. The minimum absolute atomic E-state index is 0.0445. The Labute approximate surface area is 209 Å². The number of carbonyl (C=O) groups is 3. The third-order valence-electron chi connectivity index (χ3n) is 6.14. The molecule has 0 spiro atoms. The Morgan fingerprint density at radius 2 is 1.89 bits per heavy atom. The number of hydrogen-bond acceptors (Lipinski definition) is 5. The highest BCUT2D eigenvalue weighted by atomic mass is 35.5. The van der Waals surface area contributed by atoms with Gasteiger partial charge in [-0.3, -0.25) is 9.59 Å². The molecule has 0 bridgehead atoms. The Hall–Kier alpha value is -3.30. The standard InChI is InChI=1S/C25H29ClN4O5/c1-3-27-23(31)13-18-8-9-20-22(35-18)14-34-21-10-7-17(12-19(21)24(32)30(20)2)29-25(33)28-16-6-4-5-15(26)11-16/h4-7,10-12,18,20,22H,3,8-9,13-14H2,1-2H3,(H,27,31)(H2,28,29,33)/t18-,20+,22-/m1/s1. The van der Waals surface area contributed by atoms with Gasteiger partial charge in [-0.15, -0.1) is 0 Å². The van der Waals surface area contributed by atoms with Crippen molar-refractivity contribution in [1.29, 1.82) is 0 Å². The van der Waals surface area contributed by atoms with Crippen LogP contribution in [0.4, 0.5) is 16.2 Å². The Morgan fingerprint density at radius 3 is 2.63 bits per heavy atom. The molecule has 3 N–H and O–H groups in total. The van der Waals surface area contributed by atoms with E-state index in [4.69, 9.17) is 21.1 Å². The predicted octanol–water partition coefficient (Wildman–Crippen LogP) is 3.89. The number of rotatable bonds is 5. The van der Waals surface area contributed by atoms with Crippen molar-refractivity contribution >= 4 is 40.8 Å². The van der Waals surface area contributed by atoms with Gasteiger partial charge in [0.05, 0.1) is 24.1 Å². The fraction of sp³-hybridized carbons (Fsp3) is 0.400. The van der Waals surface area contributed by atoms with Gasteiger partial charge in [-0.2, -0.15) is 0 Å². The number of likely N-dealkylation sites (N-methyl/N-ethyl adjacent to an activating group) is 1. The second-order valence-corrected chi connectivity index (χ2v) is 9.06. The van der Waals surface area contributed by atoms with Gasteiger partial charge in [0, 0.05) is 30.0 Å². The van der Waals surface area contributed by atoms with Crippen molar-refractivity contribution < 1.29 is 23.9 Å². The third kappa shape index (κ3) is 6.04. The highest BCUT2D eigenvalue weighted by Crippen LogP contribution is 2.32. The number of anilines is 2. The normalized spacial score (nSPS) is 21.5. The molecule has 9 nitrogen and oxygen atoms in total. The zero-order valence-corrected chi connectivity index (χ0v) is 20.4. The van der Waals surface area contributed by atoms with E-state index in [1.54, 1.807) is 54.4 Å². The Kier molecular flexibility index (Phi) is 7.77. The first-order valence-corrected chi connectivity index (χ1v) is 12.0. The fourth-order valence-corrected chi connectivity index (χ4v) is 4.63. The molecule has 0 aromatic heterocycles. The van der Waals surface area contributed by atoms with Crippen LogP contribution in [-0.2, 0) is 9.53 Å². The van der Waals surface area contributed by atoms with E-state index in [0.29, 0.717) is 47.1 Å². The predicted molar refractivity (Wildman–Crippen MR) is 133 cm³/mol. The summed E-state index contributed by atoms with van der Waals surface area (Å²) < 4.78 is 12.1. The highest BCUT2D eigenvalue weighted by Gasteiger charge is 2.39. The zero-order chi connectivity index (χ0) is 24.9. The lowest BCUT2D eigenvalue weighted by molar-refractivity contribution is -0.133. The first kappa shape index (κ1) is 24.8. The molecule has 2 aromatic carbocycles. The lowest BCUT2D eigenvalue weighted by Gasteiger charge is -2.42. The van der Waals surface area contributed by atoms with E-state index in [2.05, 4.69) is 16.0 Å². The SMILES string of the molecule is CCNC(=O)C[C@H]1CC[C@H]2[C@@H](COc3ccc(NC(=O)Nc4cccc(Cl)c4)cc3C(=O)N2C)O1. The molecular weight excluding hydrogens is 472 g/mol. The van der Waals surface area contributed by atoms with Crippen LogP contribution in [0.15, 0.2) is 42.5 Å². The van der Waals surface area contributed by atoms with Crippen LogP contribution in [0, 0.1) is 0 Å². The number of amides is 4. The summed E-state index contributed by atoms with van der Waals surface area (Å²) in [5.41, 5.74) is 1.36. The van der Waals surface area contributed by atoms with Crippen LogP contribution < -0.4 is 20.7 Å². The lowest BCUT2D eigenvalue weighted by atomic mass is 9.94. The highest BCUT2D eigenvalue weighted by molar-refractivity contribution is 6.30. The molecule has 0 saturated carbocycles. The fourth-order valence-electron chi connectivity index (χ4n) is 4.44. The van der Waals surface area contributed by atoms with Gasteiger partial charge in [0.1, 0.15) is 18.5 Å². The second-order valence-electron chi connectivity index (χ2n) is 8.63. The number of ether oxygens (including phenoxy) is 2. The summed E-state index contributed by atoms with van der Waals surface area (Å²) in [7, 11) is 1.74. The molecule has 4 amide bonds. The van der Waals surface area contributed by atoms with Crippen LogP contribution in [0.25, 0.3) is 0 Å². The topological polar surface area (TPSA) is 109 Å². The van der Waals surface area contributed by atoms with E-state index in [1.807, 2.05) is 6.92 Å². The minimum atomic E-state index is -0.460. The number of carbonyl (C=O) groups excluding carboxylic acids is 3. The molecule has 2 aromatic rings. The van der Waals surface area contributed by atoms with Crippen LogP contribution in [0.3, 0.4) is 0 Å². The summed E-state index contributed by atoms with van der Waals surface area (Å²) >= 11 is 5.96. The van der Waals surface area contributed by atoms with E-state index < -0.39 is 6.03 Å². The summed E-state index contributed by atoms with van der Waals surface area (Å²) in [5.74, 6) is 0.145. The summed E-state index contributed by atoms with van der Waals surface area (Å²) in [6.45, 7) is 2.71. The molecule has 4 rings (SSSR count). The molecule has 0 radical (unpaired) electrons. The average Bonchev–Trinajstić information content (AvgIpc) is 2.82. The smallest absolute Gasteiger partial charge is 0.323 e. The number of halogens is 1. The van der Waals surface area contributed by atoms with E-state index in [1.165, 1.54) is 0 Å². The number of benzene rings is 2. The first-order chi connectivity index (χ1) is 16.8. The van der Waals surface area contributed by atoms with Gasteiger partial charge >= 0.3 is 6.03 Å². The number of nitrogens with zero attached hydrogens (tertiary/aromatic N) is 1. The van der Waals surface area contributed by atoms with Crippen molar-refractivity contribution in [2.75, 3.05) is 30.8 Å². The number of nitrogens with one attached hydrogen (secondary N) is 3. The monoisotopic (exact) mass is 500 g/mol. The third-order valence-corrected chi connectivity index (χ3v) is 6.37. The summed E-state index contributed by atoms with van der Waals surface area (Å²) in [4.78, 5) is 39.4. The number of urea groups is 1. The Morgan fingerprint density at radius 1 is 1.11 bits per heavy atom. The van der Waals surface area contributed by atoms with Crippen LogP contribution in [-0.4, -0.2) is 61.2 Å². The lowest BCUT2D eigenvalue weighted by Crippen LogP contribution is -2.54. The summed E-state index contributed by atoms with van der Waals surface area (Å²) in [6.07, 6.45) is 1.12. The van der Waals surface area contributed by atoms with Gasteiger partial charge in [0.2, 0.25) is 5.91 Å². The second kappa shape index (κ2) is 11.0. The molecule has 2 heterocycles. The maximum Gasteiger partial charge on any atom is 0.323 e. The zero-order valence-electron chi connectivity index (χ0n) is 19.7. The van der Waals surface area contributed by atoms with Gasteiger partial charge < -0.3 is 30.3 Å². The van der Waals surface area contributed by atoms with Crippen molar-refractivity contribution in [3.63, 3.8) is 0 Å². The molecule has 0 aliphatic carbocycles. The molecule has 10 heteroatoms. The van der Waals surface area contributed by atoms with Gasteiger partial charge in [-0.05, 0) is 56.2 Å². The first-order valence-electron chi connectivity index (χ1n) is 11.6. The number of hydrogen-bond donors (Lipinski definition) is 3. The van der Waals surface area contributed by atoms with Crippen molar-refractivity contribution in [3.05, 3.63) is 53.1 Å². The van der Waals surface area contributed by atoms with Crippen LogP contribution in [0.5, 0.6) is 5.75 Å². The molecule has 2 aliphatic rings. The average molecular weight is 501 g/mol. The van der Waals surface area contributed by atoms with Crippen LogP contribution in [0.2, 0.25) is 5.02 Å². The number of fused-ring (bicyclic) bond motifs is 2. The molecule has 3 atom stereocenters. The van der Waals surface area contributed by atoms with Gasteiger partial charge in [-0.25, -0.2) is 4.79 Å². The summed E-state index contributed by atoms with van der Waals surface area (Å²) in [5, 5.41) is 8.76. The van der Waals surface area contributed by atoms with Crippen LogP contribution >= 0.6 is 11.6 Å². The molecule has 35 heavy (non-hydrogen) atoms. The van der Waals surface area contributed by atoms with E-state index in [-0.39, 0.29) is 43.1 Å². The van der Waals surface area contributed by atoms with E-state index in [0.717, 1.165) is 0 Å². The molecule has 1 fully saturated rings. The largest absolute Gasteiger partial charge is 0.490 e. The van der Waals surface area contributed by atoms with Crippen molar-refractivity contribution in [3.8, 4) is 5.75 Å². The Bertz CT molecular complexity index is 1110. The van der Waals surface area contributed by atoms with E-state index in [9.17, 15) is 14.4 Å². The van der Waals surface area contributed by atoms with Gasteiger partial charge in [0.15, 0.2) is 0 Å². The van der Waals surface area contributed by atoms with Crippen molar-refractivity contribution in [1.82, 2.24) is 10.2 Å². The molecule has 0 unspecified atom stereocenters. The Balaban J connectivity index is 1.45. The van der Waals surface area contributed by atoms with Crippen molar-refractivity contribution in [2.45, 2.75) is 44.4 Å². The maximum absolute atomic E-state index is 13.3. The minimum Gasteiger partial charge on any atom is -0.490 e. The maximum atomic E-state index is 13.3. The van der Waals surface area contributed by atoms with Crippen molar-refractivity contribution in [2.24, 2.45) is 0 Å².